The lowest BCUT2D eigenvalue weighted by molar-refractivity contribution is -0.137. The summed E-state index contributed by atoms with van der Waals surface area (Å²) in [5.41, 5.74) is 1.73. The van der Waals surface area contributed by atoms with E-state index in [4.69, 9.17) is 5.11 Å². The number of carbonyl (C=O) groups excluding carboxylic acids is 1. The maximum absolute atomic E-state index is 12.2. The molecule has 2 N–H and O–H groups in total. The average molecular weight is 321 g/mol. The fraction of sp³-hybridized carbons (Fsp3) is 0.412. The van der Waals surface area contributed by atoms with Crippen LogP contribution in [0.3, 0.4) is 0 Å². The molecule has 0 spiro atoms. The summed E-state index contributed by atoms with van der Waals surface area (Å²) < 4.78 is 0. The van der Waals surface area contributed by atoms with Gasteiger partial charge in [-0.25, -0.2) is 0 Å². The normalized spacial score (nSPS) is 13.2. The van der Waals surface area contributed by atoms with Crippen molar-refractivity contribution in [2.75, 3.05) is 6.26 Å². The summed E-state index contributed by atoms with van der Waals surface area (Å²) in [6, 6.07) is 7.07. The van der Waals surface area contributed by atoms with Crippen LogP contribution in [0.2, 0.25) is 0 Å². The number of thioether (sulfide) groups is 1. The Hall–Kier alpha value is -1.75. The van der Waals surface area contributed by atoms with Crippen molar-refractivity contribution in [3.63, 3.8) is 0 Å². The van der Waals surface area contributed by atoms with Gasteiger partial charge in [-0.15, -0.1) is 18.3 Å². The minimum Gasteiger partial charge on any atom is -0.481 e. The number of benzene rings is 1. The third-order valence-electron chi connectivity index (χ3n) is 3.32. The molecule has 1 aromatic carbocycles. The Bertz CT molecular complexity index is 539. The molecular formula is C17H23NO3S. The van der Waals surface area contributed by atoms with Gasteiger partial charge in [0.1, 0.15) is 0 Å². The standard InChI is InChI=1S/C17H23NO3S/c1-11(2)9-12(3)17(21)18-15(10-16(19)20)13-5-7-14(22-4)8-6-13/h5-8,12,15H,1,9-10H2,2-4H3,(H,18,21)(H,19,20). The van der Waals surface area contributed by atoms with Crippen molar-refractivity contribution in [3.05, 3.63) is 42.0 Å². The quantitative estimate of drug-likeness (QED) is 0.566. The van der Waals surface area contributed by atoms with E-state index in [2.05, 4.69) is 11.9 Å². The zero-order valence-electron chi connectivity index (χ0n) is 13.3. The maximum Gasteiger partial charge on any atom is 0.305 e. The average Bonchev–Trinajstić information content (AvgIpc) is 2.45. The SMILES string of the molecule is C=C(C)CC(C)C(=O)NC(CC(=O)O)c1ccc(SC)cc1. The predicted octanol–water partition coefficient (Wildman–Crippen LogP) is 3.64. The van der Waals surface area contributed by atoms with E-state index in [-0.39, 0.29) is 18.2 Å². The largest absolute Gasteiger partial charge is 0.481 e. The Morgan fingerprint density at radius 2 is 1.86 bits per heavy atom. The van der Waals surface area contributed by atoms with Crippen molar-refractivity contribution in [2.24, 2.45) is 5.92 Å². The molecule has 1 rings (SSSR count). The lowest BCUT2D eigenvalue weighted by Crippen LogP contribution is -2.34. The summed E-state index contributed by atoms with van der Waals surface area (Å²) in [7, 11) is 0. The van der Waals surface area contributed by atoms with Gasteiger partial charge in [-0.1, -0.05) is 24.6 Å². The van der Waals surface area contributed by atoms with Crippen LogP contribution in [0.15, 0.2) is 41.3 Å². The van der Waals surface area contributed by atoms with Gasteiger partial charge in [-0.2, -0.15) is 0 Å². The third-order valence-corrected chi connectivity index (χ3v) is 4.06. The Morgan fingerprint density at radius 3 is 2.32 bits per heavy atom. The number of amides is 1. The van der Waals surface area contributed by atoms with Crippen molar-refractivity contribution < 1.29 is 14.7 Å². The summed E-state index contributed by atoms with van der Waals surface area (Å²) in [6.45, 7) is 7.50. The first-order chi connectivity index (χ1) is 10.3. The highest BCUT2D eigenvalue weighted by molar-refractivity contribution is 7.98. The fourth-order valence-corrected chi connectivity index (χ4v) is 2.60. The van der Waals surface area contributed by atoms with Gasteiger partial charge in [0.25, 0.3) is 0 Å². The Labute approximate surface area is 136 Å². The molecule has 1 amide bonds. The summed E-state index contributed by atoms with van der Waals surface area (Å²) in [5.74, 6) is -1.31. The van der Waals surface area contributed by atoms with E-state index in [9.17, 15) is 9.59 Å². The fourth-order valence-electron chi connectivity index (χ4n) is 2.19. The number of allylic oxidation sites excluding steroid dienone is 1. The first-order valence-corrected chi connectivity index (χ1v) is 8.36. The lowest BCUT2D eigenvalue weighted by Gasteiger charge is -2.20. The summed E-state index contributed by atoms with van der Waals surface area (Å²) in [5, 5.41) is 11.9. The van der Waals surface area contributed by atoms with Gasteiger partial charge < -0.3 is 10.4 Å². The van der Waals surface area contributed by atoms with Crippen molar-refractivity contribution >= 4 is 23.6 Å². The topological polar surface area (TPSA) is 66.4 Å². The second-order valence-electron chi connectivity index (χ2n) is 5.49. The van der Waals surface area contributed by atoms with Crippen LogP contribution in [0.5, 0.6) is 0 Å². The number of carbonyl (C=O) groups is 2. The smallest absolute Gasteiger partial charge is 0.305 e. The van der Waals surface area contributed by atoms with Crippen LogP contribution in [0.4, 0.5) is 0 Å². The molecule has 5 heteroatoms. The molecule has 2 unspecified atom stereocenters. The Morgan fingerprint density at radius 1 is 1.27 bits per heavy atom. The molecule has 120 valence electrons. The number of hydrogen-bond donors (Lipinski definition) is 2. The zero-order valence-corrected chi connectivity index (χ0v) is 14.1. The molecule has 2 atom stereocenters. The van der Waals surface area contributed by atoms with Gasteiger partial charge in [0.2, 0.25) is 5.91 Å². The molecule has 1 aromatic rings. The number of aliphatic carboxylic acids is 1. The van der Waals surface area contributed by atoms with E-state index >= 15 is 0 Å². The van der Waals surface area contributed by atoms with E-state index in [0.29, 0.717) is 6.42 Å². The number of hydrogen-bond acceptors (Lipinski definition) is 3. The van der Waals surface area contributed by atoms with Crippen LogP contribution < -0.4 is 5.32 Å². The van der Waals surface area contributed by atoms with E-state index in [1.165, 1.54) is 0 Å². The van der Waals surface area contributed by atoms with Crippen LogP contribution in [0, 0.1) is 5.92 Å². The summed E-state index contributed by atoms with van der Waals surface area (Å²) in [4.78, 5) is 24.4. The van der Waals surface area contributed by atoms with Crippen molar-refractivity contribution in [2.45, 2.75) is 37.6 Å². The molecule has 0 saturated heterocycles. The molecule has 0 radical (unpaired) electrons. The van der Waals surface area contributed by atoms with E-state index in [0.717, 1.165) is 16.0 Å². The van der Waals surface area contributed by atoms with Crippen LogP contribution >= 0.6 is 11.8 Å². The van der Waals surface area contributed by atoms with Crippen molar-refractivity contribution in [1.29, 1.82) is 0 Å². The van der Waals surface area contributed by atoms with Gasteiger partial charge >= 0.3 is 5.97 Å². The second-order valence-corrected chi connectivity index (χ2v) is 6.37. The summed E-state index contributed by atoms with van der Waals surface area (Å²) in [6.07, 6.45) is 2.44. The Balaban J connectivity index is 2.85. The van der Waals surface area contributed by atoms with Crippen molar-refractivity contribution in [3.8, 4) is 0 Å². The Kier molecular flexibility index (Phi) is 7.18. The first kappa shape index (κ1) is 18.3. The van der Waals surface area contributed by atoms with E-state index in [1.807, 2.05) is 44.4 Å². The molecule has 4 nitrogen and oxygen atoms in total. The molecule has 0 saturated carbocycles. The van der Waals surface area contributed by atoms with Gasteiger partial charge in [-0.3, -0.25) is 9.59 Å². The number of nitrogens with one attached hydrogen (secondary N) is 1. The van der Waals surface area contributed by atoms with Crippen LogP contribution in [-0.4, -0.2) is 23.2 Å². The number of rotatable bonds is 8. The molecule has 0 fully saturated rings. The van der Waals surface area contributed by atoms with Gasteiger partial charge in [0, 0.05) is 10.8 Å². The number of carboxylic acids is 1. The highest BCUT2D eigenvalue weighted by atomic mass is 32.2. The second kappa shape index (κ2) is 8.63. The first-order valence-electron chi connectivity index (χ1n) is 7.14. The maximum atomic E-state index is 12.2. The van der Waals surface area contributed by atoms with Gasteiger partial charge in [0.15, 0.2) is 0 Å². The minimum atomic E-state index is -0.938. The molecule has 0 bridgehead atoms. The molecule has 0 heterocycles. The number of carboxylic acid groups (broad SMARTS) is 1. The molecule has 0 aliphatic heterocycles. The highest BCUT2D eigenvalue weighted by Crippen LogP contribution is 2.22. The van der Waals surface area contributed by atoms with Crippen molar-refractivity contribution in [1.82, 2.24) is 5.32 Å². The highest BCUT2D eigenvalue weighted by Gasteiger charge is 2.21. The van der Waals surface area contributed by atoms with E-state index in [1.54, 1.807) is 11.8 Å². The van der Waals surface area contributed by atoms with E-state index < -0.39 is 12.0 Å². The molecule has 0 aliphatic carbocycles. The molecule has 22 heavy (non-hydrogen) atoms. The summed E-state index contributed by atoms with van der Waals surface area (Å²) >= 11 is 1.62. The van der Waals surface area contributed by atoms with Gasteiger partial charge in [-0.05, 0) is 37.3 Å². The lowest BCUT2D eigenvalue weighted by atomic mass is 9.99. The zero-order chi connectivity index (χ0) is 16.7. The molecule has 0 aromatic heterocycles. The molecule has 0 aliphatic rings. The molecular weight excluding hydrogens is 298 g/mol. The van der Waals surface area contributed by atoms with Crippen LogP contribution in [0.1, 0.15) is 38.3 Å². The monoisotopic (exact) mass is 321 g/mol. The predicted molar refractivity (Wildman–Crippen MR) is 90.0 cm³/mol. The van der Waals surface area contributed by atoms with Gasteiger partial charge in [0.05, 0.1) is 12.5 Å². The van der Waals surface area contributed by atoms with Crippen LogP contribution in [0.25, 0.3) is 0 Å². The third kappa shape index (κ3) is 5.93. The minimum absolute atomic E-state index is 0.135. The van der Waals surface area contributed by atoms with Crippen LogP contribution in [-0.2, 0) is 9.59 Å².